The highest BCUT2D eigenvalue weighted by Gasteiger charge is 2.50. The summed E-state index contributed by atoms with van der Waals surface area (Å²) in [5.41, 5.74) is -0.246. The van der Waals surface area contributed by atoms with Gasteiger partial charge in [-0.2, -0.15) is 0 Å². The van der Waals surface area contributed by atoms with Crippen molar-refractivity contribution < 1.29 is 9.59 Å². The number of amides is 2. The summed E-state index contributed by atoms with van der Waals surface area (Å²) in [6, 6.07) is 5.27. The van der Waals surface area contributed by atoms with Gasteiger partial charge in [0.05, 0.1) is 5.41 Å². The number of fused-ring (bicyclic) bond motifs is 1. The van der Waals surface area contributed by atoms with E-state index in [2.05, 4.69) is 4.98 Å². The van der Waals surface area contributed by atoms with Crippen LogP contribution < -0.4 is 5.56 Å². The maximum Gasteiger partial charge on any atom is 0.270 e. The Balaban J connectivity index is 1.38. The number of rotatable bonds is 3. The molecule has 5 rings (SSSR count). The number of aromatic nitrogens is 2. The van der Waals surface area contributed by atoms with Gasteiger partial charge in [0.25, 0.3) is 11.5 Å². The number of carbonyl (C=O) groups excluding carboxylic acids is 2. The summed E-state index contributed by atoms with van der Waals surface area (Å²) >= 11 is 0. The van der Waals surface area contributed by atoms with Gasteiger partial charge >= 0.3 is 0 Å². The van der Waals surface area contributed by atoms with E-state index >= 15 is 0 Å². The van der Waals surface area contributed by atoms with E-state index in [1.807, 2.05) is 4.90 Å². The van der Waals surface area contributed by atoms with E-state index in [1.165, 1.54) is 23.4 Å². The number of hydrogen-bond acceptors (Lipinski definition) is 4. The van der Waals surface area contributed by atoms with E-state index in [0.717, 1.165) is 25.9 Å². The Labute approximate surface area is 163 Å². The van der Waals surface area contributed by atoms with Crippen LogP contribution in [0.3, 0.4) is 0 Å². The Bertz CT molecular complexity index is 1010. The number of carbonyl (C=O) groups is 2. The lowest BCUT2D eigenvalue weighted by Gasteiger charge is -2.39. The lowest BCUT2D eigenvalue weighted by Crippen LogP contribution is -2.51. The number of nitrogens with zero attached hydrogens (tertiary/aromatic N) is 4. The van der Waals surface area contributed by atoms with Crippen LogP contribution >= 0.6 is 0 Å². The summed E-state index contributed by atoms with van der Waals surface area (Å²) in [5.74, 6) is 0.552. The van der Waals surface area contributed by atoms with Crippen LogP contribution in [0.2, 0.25) is 0 Å². The smallest absolute Gasteiger partial charge is 0.270 e. The van der Waals surface area contributed by atoms with Crippen molar-refractivity contribution in [2.45, 2.75) is 32.1 Å². The molecule has 4 heterocycles. The Morgan fingerprint density at radius 2 is 2.04 bits per heavy atom. The molecule has 7 heteroatoms. The number of hydrogen-bond donors (Lipinski definition) is 0. The predicted molar refractivity (Wildman–Crippen MR) is 103 cm³/mol. The van der Waals surface area contributed by atoms with Gasteiger partial charge in [-0.1, -0.05) is 6.07 Å². The molecule has 3 aliphatic rings. The third-order valence-electron chi connectivity index (χ3n) is 6.48. The van der Waals surface area contributed by atoms with Crippen LogP contribution in [0.25, 0.3) is 5.65 Å². The van der Waals surface area contributed by atoms with Gasteiger partial charge in [-0.25, -0.2) is 4.98 Å². The molecule has 0 aromatic carbocycles. The number of pyridine rings is 1. The van der Waals surface area contributed by atoms with Crippen molar-refractivity contribution in [2.24, 2.45) is 11.3 Å². The molecule has 2 aliphatic heterocycles. The lowest BCUT2D eigenvalue weighted by atomic mass is 9.78. The second-order valence-corrected chi connectivity index (χ2v) is 8.46. The molecule has 1 unspecified atom stereocenters. The van der Waals surface area contributed by atoms with Gasteiger partial charge in [-0.3, -0.25) is 18.8 Å². The molecule has 2 aromatic heterocycles. The highest BCUT2D eigenvalue weighted by atomic mass is 16.2. The van der Waals surface area contributed by atoms with Gasteiger partial charge < -0.3 is 9.80 Å². The molecule has 1 spiro atoms. The van der Waals surface area contributed by atoms with E-state index in [4.69, 9.17) is 0 Å². The van der Waals surface area contributed by atoms with Gasteiger partial charge in [0.1, 0.15) is 11.2 Å². The fourth-order valence-electron chi connectivity index (χ4n) is 4.71. The Kier molecular flexibility index (Phi) is 4.00. The monoisotopic (exact) mass is 380 g/mol. The largest absolute Gasteiger partial charge is 0.342 e. The van der Waals surface area contributed by atoms with E-state index in [0.29, 0.717) is 31.1 Å². The van der Waals surface area contributed by atoms with Crippen LogP contribution in [0.15, 0.2) is 35.4 Å². The minimum absolute atomic E-state index is 0.0684. The fourth-order valence-corrected chi connectivity index (χ4v) is 4.71. The lowest BCUT2D eigenvalue weighted by molar-refractivity contribution is -0.145. The molecule has 0 bridgehead atoms. The first-order chi connectivity index (χ1) is 13.6. The standard InChI is InChI=1S/C21H24N4O3/c26-18(16-12-22-17-4-1-2-10-25(17)19(16)27)24-11-8-21(14-24)7-3-9-23(20(21)28)13-15-5-6-15/h1-2,4,10,12,15H,3,5-9,11,13-14H2. The topological polar surface area (TPSA) is 75.0 Å². The summed E-state index contributed by atoms with van der Waals surface area (Å²) in [7, 11) is 0. The summed E-state index contributed by atoms with van der Waals surface area (Å²) in [5, 5.41) is 0. The second kappa shape index (κ2) is 6.43. The van der Waals surface area contributed by atoms with Crippen molar-refractivity contribution in [2.75, 3.05) is 26.2 Å². The summed E-state index contributed by atoms with van der Waals surface area (Å²) in [6.07, 6.45) is 7.93. The van der Waals surface area contributed by atoms with Crippen LogP contribution in [0.4, 0.5) is 0 Å². The summed E-state index contributed by atoms with van der Waals surface area (Å²) in [4.78, 5) is 46.9. The van der Waals surface area contributed by atoms with E-state index in [-0.39, 0.29) is 22.9 Å². The van der Waals surface area contributed by atoms with Gasteiger partial charge in [0.15, 0.2) is 0 Å². The summed E-state index contributed by atoms with van der Waals surface area (Å²) in [6.45, 7) is 2.62. The van der Waals surface area contributed by atoms with Crippen molar-refractivity contribution in [3.05, 3.63) is 46.5 Å². The second-order valence-electron chi connectivity index (χ2n) is 8.46. The molecule has 2 aromatic rings. The van der Waals surface area contributed by atoms with E-state index in [1.54, 1.807) is 29.3 Å². The van der Waals surface area contributed by atoms with Crippen LogP contribution in [-0.4, -0.2) is 57.2 Å². The molecule has 1 saturated carbocycles. The molecule has 3 fully saturated rings. The maximum absolute atomic E-state index is 13.2. The molecular formula is C21H24N4O3. The average molecular weight is 380 g/mol. The molecule has 7 nitrogen and oxygen atoms in total. The highest BCUT2D eigenvalue weighted by molar-refractivity contribution is 5.95. The highest BCUT2D eigenvalue weighted by Crippen LogP contribution is 2.41. The molecule has 28 heavy (non-hydrogen) atoms. The van der Waals surface area contributed by atoms with Gasteiger partial charge in [0.2, 0.25) is 5.91 Å². The first-order valence-electron chi connectivity index (χ1n) is 10.1. The molecular weight excluding hydrogens is 356 g/mol. The molecule has 2 saturated heterocycles. The normalized spacial score (nSPS) is 25.1. The van der Waals surface area contributed by atoms with Crippen LogP contribution in [0.5, 0.6) is 0 Å². The quantitative estimate of drug-likeness (QED) is 0.810. The van der Waals surface area contributed by atoms with Gasteiger partial charge in [-0.05, 0) is 50.2 Å². The fraction of sp³-hybridized carbons (Fsp3) is 0.524. The van der Waals surface area contributed by atoms with Gasteiger partial charge in [0, 0.05) is 38.6 Å². The minimum Gasteiger partial charge on any atom is -0.342 e. The third-order valence-corrected chi connectivity index (χ3v) is 6.48. The third kappa shape index (κ3) is 2.80. The molecule has 0 radical (unpaired) electrons. The van der Waals surface area contributed by atoms with Crippen molar-refractivity contribution in [3.8, 4) is 0 Å². The van der Waals surface area contributed by atoms with Crippen LogP contribution in [0, 0.1) is 11.3 Å². The van der Waals surface area contributed by atoms with E-state index < -0.39 is 5.41 Å². The zero-order valence-corrected chi connectivity index (χ0v) is 15.8. The minimum atomic E-state index is -0.469. The zero-order valence-electron chi connectivity index (χ0n) is 15.8. The maximum atomic E-state index is 13.2. The predicted octanol–water partition coefficient (Wildman–Crippen LogP) is 1.56. The SMILES string of the molecule is O=C(c1cnc2ccccn2c1=O)N1CCC2(CCCN(CC3CC3)C2=O)C1. The van der Waals surface area contributed by atoms with E-state index in [9.17, 15) is 14.4 Å². The zero-order chi connectivity index (χ0) is 19.3. The van der Waals surface area contributed by atoms with Gasteiger partial charge in [-0.15, -0.1) is 0 Å². The average Bonchev–Trinajstić information content (AvgIpc) is 3.43. The summed E-state index contributed by atoms with van der Waals surface area (Å²) < 4.78 is 1.39. The Morgan fingerprint density at radius 3 is 2.86 bits per heavy atom. The van der Waals surface area contributed by atoms with Crippen molar-refractivity contribution >= 4 is 17.5 Å². The molecule has 146 valence electrons. The first kappa shape index (κ1) is 17.4. The number of piperidine rings is 1. The van der Waals surface area contributed by atoms with Crippen LogP contribution in [-0.2, 0) is 4.79 Å². The number of likely N-dealkylation sites (tertiary alicyclic amines) is 2. The van der Waals surface area contributed by atoms with Crippen LogP contribution in [0.1, 0.15) is 42.5 Å². The van der Waals surface area contributed by atoms with Crippen molar-refractivity contribution in [1.82, 2.24) is 19.2 Å². The van der Waals surface area contributed by atoms with Crippen molar-refractivity contribution in [1.29, 1.82) is 0 Å². The Hall–Kier alpha value is -2.70. The first-order valence-corrected chi connectivity index (χ1v) is 10.1. The molecule has 0 N–H and O–H groups in total. The molecule has 2 amide bonds. The van der Waals surface area contributed by atoms with Crippen molar-refractivity contribution in [3.63, 3.8) is 0 Å². The molecule has 1 aliphatic carbocycles. The molecule has 1 atom stereocenters. The Morgan fingerprint density at radius 1 is 1.18 bits per heavy atom.